The number of aromatic nitrogens is 5. The summed E-state index contributed by atoms with van der Waals surface area (Å²) in [6, 6.07) is 11.7. The molecule has 3 heterocycles. The normalized spacial score (nSPS) is 11.3. The summed E-state index contributed by atoms with van der Waals surface area (Å²) in [5.41, 5.74) is 3.54. The largest absolute Gasteiger partial charge is 0.335 e. The zero-order valence-electron chi connectivity index (χ0n) is 9.38. The predicted octanol–water partition coefficient (Wildman–Crippen LogP) is 2.50. The minimum atomic E-state index is 0.702. The van der Waals surface area contributed by atoms with Crippen LogP contribution in [-0.4, -0.2) is 24.9 Å². The van der Waals surface area contributed by atoms with E-state index < -0.39 is 0 Å². The van der Waals surface area contributed by atoms with Crippen molar-refractivity contribution in [2.24, 2.45) is 0 Å². The number of aromatic amines is 2. The number of hydrogen-bond acceptors (Lipinski definition) is 3. The third-order valence-electron chi connectivity index (χ3n) is 2.87. The molecular formula is C13H9N5. The number of rotatable bonds is 1. The van der Waals surface area contributed by atoms with E-state index in [0.717, 1.165) is 22.4 Å². The Hall–Kier alpha value is -2.69. The number of nitrogens with zero attached hydrogens (tertiary/aromatic N) is 3. The summed E-state index contributed by atoms with van der Waals surface area (Å²) in [6.07, 6.45) is 1.73. The highest BCUT2D eigenvalue weighted by Gasteiger charge is 2.09. The lowest BCUT2D eigenvalue weighted by Gasteiger charge is -1.86. The first-order valence-electron chi connectivity index (χ1n) is 5.66. The number of imidazole rings is 2. The van der Waals surface area contributed by atoms with Crippen molar-refractivity contribution in [2.45, 2.75) is 0 Å². The summed E-state index contributed by atoms with van der Waals surface area (Å²) in [6.45, 7) is 0. The van der Waals surface area contributed by atoms with Crippen LogP contribution in [0.5, 0.6) is 0 Å². The number of benzene rings is 1. The van der Waals surface area contributed by atoms with E-state index in [0.29, 0.717) is 11.5 Å². The van der Waals surface area contributed by atoms with Crippen molar-refractivity contribution in [1.82, 2.24) is 24.9 Å². The van der Waals surface area contributed by atoms with Crippen LogP contribution in [0, 0.1) is 0 Å². The van der Waals surface area contributed by atoms with Gasteiger partial charge in [0.2, 0.25) is 0 Å². The molecule has 0 amide bonds. The third-order valence-corrected chi connectivity index (χ3v) is 2.87. The first-order chi connectivity index (χ1) is 8.90. The van der Waals surface area contributed by atoms with Gasteiger partial charge >= 0.3 is 0 Å². The zero-order valence-corrected chi connectivity index (χ0v) is 9.38. The van der Waals surface area contributed by atoms with Crippen LogP contribution in [-0.2, 0) is 0 Å². The lowest BCUT2D eigenvalue weighted by Crippen LogP contribution is -1.82. The summed E-state index contributed by atoms with van der Waals surface area (Å²) in [4.78, 5) is 19.6. The highest BCUT2D eigenvalue weighted by atomic mass is 15.1. The van der Waals surface area contributed by atoms with E-state index in [-0.39, 0.29) is 0 Å². The van der Waals surface area contributed by atoms with Crippen LogP contribution in [0.25, 0.3) is 33.8 Å². The molecule has 4 aromatic rings. The van der Waals surface area contributed by atoms with E-state index in [2.05, 4.69) is 24.9 Å². The van der Waals surface area contributed by atoms with Gasteiger partial charge in [0, 0.05) is 6.20 Å². The van der Waals surface area contributed by atoms with Gasteiger partial charge in [-0.05, 0) is 24.3 Å². The van der Waals surface area contributed by atoms with Gasteiger partial charge in [0.25, 0.3) is 0 Å². The summed E-state index contributed by atoms with van der Waals surface area (Å²) < 4.78 is 0. The first kappa shape index (κ1) is 9.35. The molecule has 0 radical (unpaired) electrons. The summed E-state index contributed by atoms with van der Waals surface area (Å²) in [7, 11) is 0. The lowest BCUT2D eigenvalue weighted by atomic mass is 10.3. The zero-order chi connectivity index (χ0) is 11.9. The van der Waals surface area contributed by atoms with Gasteiger partial charge in [-0.1, -0.05) is 12.1 Å². The molecule has 0 aliphatic carbocycles. The first-order valence-corrected chi connectivity index (χ1v) is 5.66. The Kier molecular flexibility index (Phi) is 1.77. The molecule has 0 fully saturated rings. The minimum absolute atomic E-state index is 0.702. The molecule has 4 rings (SSSR count). The van der Waals surface area contributed by atoms with E-state index in [1.54, 1.807) is 6.20 Å². The maximum absolute atomic E-state index is 4.50. The molecule has 0 aliphatic heterocycles. The van der Waals surface area contributed by atoms with Gasteiger partial charge in [0.1, 0.15) is 0 Å². The molecule has 5 heteroatoms. The number of nitrogens with one attached hydrogen (secondary N) is 2. The molecule has 5 nitrogen and oxygen atoms in total. The van der Waals surface area contributed by atoms with Gasteiger partial charge in [-0.25, -0.2) is 15.0 Å². The van der Waals surface area contributed by atoms with Crippen molar-refractivity contribution in [3.63, 3.8) is 0 Å². The Balaban J connectivity index is 1.95. The van der Waals surface area contributed by atoms with Gasteiger partial charge in [-0.2, -0.15) is 0 Å². The average Bonchev–Trinajstić information content (AvgIpc) is 3.02. The quantitative estimate of drug-likeness (QED) is 0.532. The molecule has 0 spiro atoms. The molecule has 0 saturated carbocycles. The van der Waals surface area contributed by atoms with Crippen LogP contribution in [0.1, 0.15) is 0 Å². The van der Waals surface area contributed by atoms with Crippen molar-refractivity contribution < 1.29 is 0 Å². The maximum Gasteiger partial charge on any atom is 0.178 e. The van der Waals surface area contributed by atoms with Crippen LogP contribution in [0.4, 0.5) is 0 Å². The van der Waals surface area contributed by atoms with Crippen molar-refractivity contribution in [3.05, 3.63) is 42.6 Å². The van der Waals surface area contributed by atoms with E-state index in [1.807, 2.05) is 36.4 Å². The Bertz CT molecular complexity index is 704. The standard InChI is InChI=1S/C13H9N5/c1-2-5-9-8(4-1)15-12(16-9)13-17-10-6-3-7-14-11(10)18-13/h1-7H,(H,15,16)(H,14,17,18). The molecule has 18 heavy (non-hydrogen) atoms. The van der Waals surface area contributed by atoms with Gasteiger partial charge in [0.05, 0.1) is 16.6 Å². The Morgan fingerprint density at radius 1 is 0.778 bits per heavy atom. The van der Waals surface area contributed by atoms with Gasteiger partial charge in [-0.15, -0.1) is 0 Å². The SMILES string of the molecule is c1ccc2[nH]c(-c3nc4ncccc4[nH]3)nc2c1. The summed E-state index contributed by atoms with van der Waals surface area (Å²) in [5, 5.41) is 0. The summed E-state index contributed by atoms with van der Waals surface area (Å²) in [5.74, 6) is 1.44. The second kappa shape index (κ2) is 3.40. The number of pyridine rings is 1. The fraction of sp³-hybridized carbons (Fsp3) is 0. The number of fused-ring (bicyclic) bond motifs is 2. The molecule has 1 aromatic carbocycles. The number of para-hydroxylation sites is 2. The smallest absolute Gasteiger partial charge is 0.178 e. The van der Waals surface area contributed by atoms with Crippen LogP contribution in [0.2, 0.25) is 0 Å². The fourth-order valence-corrected chi connectivity index (χ4v) is 2.02. The Morgan fingerprint density at radius 2 is 1.56 bits per heavy atom. The Labute approximate surface area is 102 Å². The molecule has 0 aliphatic rings. The second-order valence-electron chi connectivity index (χ2n) is 4.06. The maximum atomic E-state index is 4.50. The van der Waals surface area contributed by atoms with Crippen LogP contribution in [0.15, 0.2) is 42.6 Å². The van der Waals surface area contributed by atoms with Crippen LogP contribution < -0.4 is 0 Å². The summed E-state index contributed by atoms with van der Waals surface area (Å²) >= 11 is 0. The van der Waals surface area contributed by atoms with Crippen molar-refractivity contribution >= 4 is 22.2 Å². The lowest BCUT2D eigenvalue weighted by molar-refractivity contribution is 1.21. The molecule has 2 N–H and O–H groups in total. The molecule has 0 unspecified atom stereocenters. The topological polar surface area (TPSA) is 70.2 Å². The van der Waals surface area contributed by atoms with Gasteiger partial charge < -0.3 is 9.97 Å². The van der Waals surface area contributed by atoms with E-state index in [1.165, 1.54) is 0 Å². The van der Waals surface area contributed by atoms with Gasteiger partial charge in [0.15, 0.2) is 17.3 Å². The van der Waals surface area contributed by atoms with E-state index in [9.17, 15) is 0 Å². The fourth-order valence-electron chi connectivity index (χ4n) is 2.02. The Morgan fingerprint density at radius 3 is 2.44 bits per heavy atom. The third kappa shape index (κ3) is 1.31. The molecule has 0 saturated heterocycles. The highest BCUT2D eigenvalue weighted by molar-refractivity contribution is 5.80. The monoisotopic (exact) mass is 235 g/mol. The van der Waals surface area contributed by atoms with Crippen molar-refractivity contribution in [3.8, 4) is 11.6 Å². The molecule has 0 bridgehead atoms. The van der Waals surface area contributed by atoms with Crippen LogP contribution in [0.3, 0.4) is 0 Å². The second-order valence-corrected chi connectivity index (χ2v) is 4.06. The van der Waals surface area contributed by atoms with Crippen molar-refractivity contribution in [1.29, 1.82) is 0 Å². The van der Waals surface area contributed by atoms with Crippen LogP contribution >= 0.6 is 0 Å². The molecular weight excluding hydrogens is 226 g/mol. The number of hydrogen-bond donors (Lipinski definition) is 2. The molecule has 3 aromatic heterocycles. The number of H-pyrrole nitrogens is 2. The molecule has 86 valence electrons. The average molecular weight is 235 g/mol. The van der Waals surface area contributed by atoms with Gasteiger partial charge in [-0.3, -0.25) is 0 Å². The minimum Gasteiger partial charge on any atom is -0.335 e. The highest BCUT2D eigenvalue weighted by Crippen LogP contribution is 2.19. The van der Waals surface area contributed by atoms with E-state index in [4.69, 9.17) is 0 Å². The van der Waals surface area contributed by atoms with E-state index >= 15 is 0 Å². The predicted molar refractivity (Wildman–Crippen MR) is 69.0 cm³/mol. The van der Waals surface area contributed by atoms with Crippen molar-refractivity contribution in [2.75, 3.05) is 0 Å². The molecule has 0 atom stereocenters.